The molecule has 0 amide bonds. The third kappa shape index (κ3) is 3.76. The van der Waals surface area contributed by atoms with E-state index in [4.69, 9.17) is 5.11 Å². The van der Waals surface area contributed by atoms with Gasteiger partial charge in [-0.1, -0.05) is 26.0 Å². The summed E-state index contributed by atoms with van der Waals surface area (Å²) < 4.78 is 0. The van der Waals surface area contributed by atoms with Crippen LogP contribution >= 0.6 is 0 Å². The maximum atomic E-state index is 11.0. The average molecular weight is 249 g/mol. The van der Waals surface area contributed by atoms with Gasteiger partial charge in [-0.15, -0.1) is 0 Å². The number of nitrogens with zero attached hydrogens (tertiary/aromatic N) is 1. The molecule has 1 aromatic carbocycles. The molecule has 0 bridgehead atoms. The van der Waals surface area contributed by atoms with Crippen LogP contribution in [0.25, 0.3) is 0 Å². The molecule has 0 radical (unpaired) electrons. The highest BCUT2D eigenvalue weighted by atomic mass is 16.4. The Morgan fingerprint density at radius 2 is 2.06 bits per heavy atom. The number of carboxylic acid groups (broad SMARTS) is 1. The van der Waals surface area contributed by atoms with E-state index in [0.29, 0.717) is 6.54 Å². The molecule has 0 heterocycles. The molecule has 0 aliphatic rings. The van der Waals surface area contributed by atoms with Crippen LogP contribution < -0.4 is 4.90 Å². The van der Waals surface area contributed by atoms with E-state index in [-0.39, 0.29) is 5.92 Å². The molecule has 3 nitrogen and oxygen atoms in total. The zero-order chi connectivity index (χ0) is 13.7. The Morgan fingerprint density at radius 3 is 2.61 bits per heavy atom. The van der Waals surface area contributed by atoms with E-state index in [1.54, 1.807) is 6.92 Å². The Hall–Kier alpha value is -1.51. The molecule has 0 saturated carbocycles. The van der Waals surface area contributed by atoms with Gasteiger partial charge in [-0.05, 0) is 37.5 Å². The quantitative estimate of drug-likeness (QED) is 0.841. The van der Waals surface area contributed by atoms with Crippen LogP contribution in [0, 0.1) is 19.8 Å². The predicted molar refractivity (Wildman–Crippen MR) is 75.2 cm³/mol. The van der Waals surface area contributed by atoms with Crippen molar-refractivity contribution >= 4 is 11.7 Å². The van der Waals surface area contributed by atoms with Crippen molar-refractivity contribution in [1.29, 1.82) is 0 Å². The lowest BCUT2D eigenvalue weighted by molar-refractivity contribution is -0.140. The minimum Gasteiger partial charge on any atom is -0.481 e. The lowest BCUT2D eigenvalue weighted by Gasteiger charge is -2.28. The highest BCUT2D eigenvalue weighted by Crippen LogP contribution is 2.22. The van der Waals surface area contributed by atoms with Crippen LogP contribution in [-0.2, 0) is 4.79 Å². The van der Waals surface area contributed by atoms with Crippen LogP contribution in [0.5, 0.6) is 0 Å². The molecule has 0 fully saturated rings. The fourth-order valence-electron chi connectivity index (χ4n) is 2.05. The van der Waals surface area contributed by atoms with Crippen LogP contribution in [0.2, 0.25) is 0 Å². The third-order valence-corrected chi connectivity index (χ3v) is 3.11. The largest absolute Gasteiger partial charge is 0.481 e. The lowest BCUT2D eigenvalue weighted by atomic mass is 10.1. The van der Waals surface area contributed by atoms with Crippen molar-refractivity contribution in [2.75, 3.05) is 18.0 Å². The molecule has 0 saturated heterocycles. The van der Waals surface area contributed by atoms with Crippen molar-refractivity contribution in [3.05, 3.63) is 29.3 Å². The summed E-state index contributed by atoms with van der Waals surface area (Å²) in [4.78, 5) is 13.2. The number of hydrogen-bond acceptors (Lipinski definition) is 2. The first-order chi connectivity index (χ1) is 8.45. The Bertz CT molecular complexity index is 415. The van der Waals surface area contributed by atoms with E-state index in [2.05, 4.69) is 43.9 Å². The molecule has 1 rings (SSSR count). The van der Waals surface area contributed by atoms with Gasteiger partial charge in [0.1, 0.15) is 0 Å². The number of benzene rings is 1. The minimum atomic E-state index is -0.735. The first-order valence-electron chi connectivity index (χ1n) is 6.50. The number of anilines is 1. The molecule has 1 unspecified atom stereocenters. The van der Waals surface area contributed by atoms with Crippen molar-refractivity contribution in [2.45, 2.75) is 34.1 Å². The second-order valence-electron chi connectivity index (χ2n) is 4.98. The normalized spacial score (nSPS) is 12.2. The molecule has 18 heavy (non-hydrogen) atoms. The van der Waals surface area contributed by atoms with Gasteiger partial charge < -0.3 is 10.0 Å². The van der Waals surface area contributed by atoms with Crippen LogP contribution in [0.1, 0.15) is 31.4 Å². The van der Waals surface area contributed by atoms with Crippen LogP contribution in [-0.4, -0.2) is 24.2 Å². The Kier molecular flexibility index (Phi) is 5.20. The van der Waals surface area contributed by atoms with Gasteiger partial charge in [-0.3, -0.25) is 4.79 Å². The van der Waals surface area contributed by atoms with Crippen LogP contribution in [0.15, 0.2) is 18.2 Å². The molecule has 1 aromatic rings. The number of carbonyl (C=O) groups is 1. The van der Waals surface area contributed by atoms with Gasteiger partial charge in [0.05, 0.1) is 5.92 Å². The van der Waals surface area contributed by atoms with Crippen molar-refractivity contribution in [2.24, 2.45) is 5.92 Å². The van der Waals surface area contributed by atoms with Crippen LogP contribution in [0.3, 0.4) is 0 Å². The number of rotatable bonds is 6. The smallest absolute Gasteiger partial charge is 0.308 e. The number of aryl methyl sites for hydroxylation is 2. The topological polar surface area (TPSA) is 40.5 Å². The first-order valence-corrected chi connectivity index (χ1v) is 6.50. The van der Waals surface area contributed by atoms with Gasteiger partial charge in [0.25, 0.3) is 0 Å². The summed E-state index contributed by atoms with van der Waals surface area (Å²) in [7, 11) is 0. The highest BCUT2D eigenvalue weighted by molar-refractivity contribution is 5.70. The minimum absolute atomic E-state index is 0.350. The van der Waals surface area contributed by atoms with E-state index in [1.807, 2.05) is 0 Å². The highest BCUT2D eigenvalue weighted by Gasteiger charge is 2.17. The lowest BCUT2D eigenvalue weighted by Crippen LogP contribution is -2.33. The van der Waals surface area contributed by atoms with E-state index >= 15 is 0 Å². The molecule has 0 aliphatic carbocycles. The number of carboxylic acids is 1. The molecule has 0 aliphatic heterocycles. The molecule has 3 heteroatoms. The van der Waals surface area contributed by atoms with E-state index in [9.17, 15) is 4.79 Å². The summed E-state index contributed by atoms with van der Waals surface area (Å²) in [6, 6.07) is 6.32. The second kappa shape index (κ2) is 6.43. The van der Waals surface area contributed by atoms with Gasteiger partial charge in [0, 0.05) is 18.8 Å². The third-order valence-electron chi connectivity index (χ3n) is 3.11. The maximum absolute atomic E-state index is 11.0. The van der Waals surface area contributed by atoms with Crippen molar-refractivity contribution in [3.63, 3.8) is 0 Å². The van der Waals surface area contributed by atoms with Crippen molar-refractivity contribution < 1.29 is 9.90 Å². The molecule has 1 atom stereocenters. The summed E-state index contributed by atoms with van der Waals surface area (Å²) >= 11 is 0. The first kappa shape index (κ1) is 14.6. The summed E-state index contributed by atoms with van der Waals surface area (Å²) in [5.74, 6) is -1.09. The van der Waals surface area contributed by atoms with Crippen molar-refractivity contribution in [3.8, 4) is 0 Å². The Balaban J connectivity index is 2.96. The molecule has 0 aromatic heterocycles. The van der Waals surface area contributed by atoms with E-state index < -0.39 is 5.97 Å². The molecular formula is C15H23NO2. The van der Waals surface area contributed by atoms with Crippen molar-refractivity contribution in [1.82, 2.24) is 0 Å². The zero-order valence-electron chi connectivity index (χ0n) is 11.7. The Morgan fingerprint density at radius 1 is 1.39 bits per heavy atom. The van der Waals surface area contributed by atoms with Gasteiger partial charge >= 0.3 is 5.97 Å². The van der Waals surface area contributed by atoms with Gasteiger partial charge in [-0.25, -0.2) is 0 Å². The van der Waals surface area contributed by atoms with E-state index in [1.165, 1.54) is 11.1 Å². The average Bonchev–Trinajstić information content (AvgIpc) is 2.31. The standard InChI is InChI=1S/C15H23NO2/c1-5-8-16(10-13(4)15(17)18)14-9-11(2)6-7-12(14)3/h6-7,9,13H,5,8,10H2,1-4H3,(H,17,18). The van der Waals surface area contributed by atoms with Gasteiger partial charge in [0.15, 0.2) is 0 Å². The summed E-state index contributed by atoms with van der Waals surface area (Å²) in [5, 5.41) is 9.04. The Labute approximate surface area is 109 Å². The van der Waals surface area contributed by atoms with Crippen LogP contribution in [0.4, 0.5) is 5.69 Å². The molecule has 0 spiro atoms. The zero-order valence-corrected chi connectivity index (χ0v) is 11.7. The summed E-state index contributed by atoms with van der Waals surface area (Å²) in [5.41, 5.74) is 3.57. The second-order valence-corrected chi connectivity index (χ2v) is 4.98. The molecule has 1 N–H and O–H groups in total. The monoisotopic (exact) mass is 249 g/mol. The van der Waals surface area contributed by atoms with Gasteiger partial charge in [0.2, 0.25) is 0 Å². The maximum Gasteiger partial charge on any atom is 0.308 e. The van der Waals surface area contributed by atoms with Gasteiger partial charge in [-0.2, -0.15) is 0 Å². The fourth-order valence-corrected chi connectivity index (χ4v) is 2.05. The number of hydrogen-bond donors (Lipinski definition) is 1. The SMILES string of the molecule is CCCN(CC(C)C(=O)O)c1cc(C)ccc1C. The van der Waals surface area contributed by atoms with E-state index in [0.717, 1.165) is 18.7 Å². The fraction of sp³-hybridized carbons (Fsp3) is 0.533. The molecule has 100 valence electrons. The molecular weight excluding hydrogens is 226 g/mol. The predicted octanol–water partition coefficient (Wildman–Crippen LogP) is 3.24. The summed E-state index contributed by atoms with van der Waals surface area (Å²) in [6.45, 7) is 9.46. The summed E-state index contributed by atoms with van der Waals surface area (Å²) in [6.07, 6.45) is 1.01. The number of aliphatic carboxylic acids is 1.